The number of carbonyl (C=O) groups is 1. The molecule has 1 aromatic rings. The molecule has 0 fully saturated rings. The van der Waals surface area contributed by atoms with Crippen molar-refractivity contribution in [1.82, 2.24) is 14.8 Å². The van der Waals surface area contributed by atoms with Crippen molar-refractivity contribution < 1.29 is 18.0 Å². The summed E-state index contributed by atoms with van der Waals surface area (Å²) in [5, 5.41) is 6.82. The van der Waals surface area contributed by atoms with Crippen molar-refractivity contribution in [3.05, 3.63) is 5.82 Å². The van der Waals surface area contributed by atoms with E-state index in [-0.39, 0.29) is 17.3 Å². The number of halogens is 3. The Labute approximate surface area is 81.5 Å². The lowest BCUT2D eigenvalue weighted by molar-refractivity contribution is -0.142. The minimum Gasteiger partial charge on any atom is -0.294 e. The van der Waals surface area contributed by atoms with Crippen LogP contribution in [0.4, 0.5) is 13.2 Å². The van der Waals surface area contributed by atoms with Crippen LogP contribution in [0.5, 0.6) is 0 Å². The summed E-state index contributed by atoms with van der Waals surface area (Å²) in [6.45, 7) is -1.25. The van der Waals surface area contributed by atoms with Crippen LogP contribution < -0.4 is 0 Å². The molecule has 0 aliphatic heterocycles. The molecule has 0 atom stereocenters. The molecule has 1 aromatic heterocycles. The van der Waals surface area contributed by atoms with E-state index in [0.717, 1.165) is 16.3 Å². The number of hydrogen-bond donors (Lipinski definition) is 0. The van der Waals surface area contributed by atoms with Crippen LogP contribution in [0.1, 0.15) is 10.6 Å². The van der Waals surface area contributed by atoms with Crippen LogP contribution in [-0.4, -0.2) is 33.5 Å². The van der Waals surface area contributed by atoms with Crippen molar-refractivity contribution in [3.63, 3.8) is 0 Å². The number of carbonyl (C=O) groups excluding carboxylic acids is 1. The summed E-state index contributed by atoms with van der Waals surface area (Å²) in [5.74, 6) is -0.313. The highest BCUT2D eigenvalue weighted by atomic mass is 32.2. The van der Waals surface area contributed by atoms with Crippen LogP contribution in [0, 0.1) is 0 Å². The number of aromatic nitrogens is 3. The first kappa shape index (κ1) is 11.0. The van der Waals surface area contributed by atoms with Gasteiger partial charge in [-0.3, -0.25) is 9.36 Å². The predicted molar refractivity (Wildman–Crippen MR) is 43.2 cm³/mol. The van der Waals surface area contributed by atoms with Gasteiger partial charge < -0.3 is 0 Å². The van der Waals surface area contributed by atoms with Gasteiger partial charge >= 0.3 is 6.18 Å². The highest BCUT2D eigenvalue weighted by Gasteiger charge is 2.30. The molecule has 8 heteroatoms. The van der Waals surface area contributed by atoms with Crippen LogP contribution in [0.3, 0.4) is 0 Å². The number of hydrogen-bond acceptors (Lipinski definition) is 4. The van der Waals surface area contributed by atoms with Gasteiger partial charge in [0.15, 0.2) is 17.3 Å². The first-order valence-corrected chi connectivity index (χ1v) is 4.69. The van der Waals surface area contributed by atoms with Gasteiger partial charge in [0, 0.05) is 0 Å². The Kier molecular flexibility index (Phi) is 3.14. The summed E-state index contributed by atoms with van der Waals surface area (Å²) in [5.41, 5.74) is 0. The van der Waals surface area contributed by atoms with Gasteiger partial charge in [-0.15, -0.1) is 10.2 Å². The second-order valence-corrected chi connectivity index (χ2v) is 3.14. The average molecular weight is 225 g/mol. The molecule has 0 aliphatic carbocycles. The van der Waals surface area contributed by atoms with Gasteiger partial charge in [0.05, 0.1) is 0 Å². The fourth-order valence-corrected chi connectivity index (χ4v) is 1.37. The molecule has 0 bridgehead atoms. The Morgan fingerprint density at radius 3 is 2.57 bits per heavy atom. The van der Waals surface area contributed by atoms with E-state index in [0.29, 0.717) is 0 Å². The zero-order valence-electron chi connectivity index (χ0n) is 7.08. The maximum atomic E-state index is 12.0. The third-order valence-corrected chi connectivity index (χ3v) is 2.04. The normalized spacial score (nSPS) is 11.7. The topological polar surface area (TPSA) is 47.8 Å². The maximum absolute atomic E-state index is 12.0. The van der Waals surface area contributed by atoms with Crippen molar-refractivity contribution >= 4 is 18.0 Å². The van der Waals surface area contributed by atoms with Crippen molar-refractivity contribution in [2.24, 2.45) is 0 Å². The molecule has 14 heavy (non-hydrogen) atoms. The first-order valence-electron chi connectivity index (χ1n) is 3.47. The van der Waals surface area contributed by atoms with Crippen molar-refractivity contribution in [3.8, 4) is 0 Å². The standard InChI is InChI=1S/C6H6F3N3OS/c1-14-5-11-10-4(2-13)12(5)3-6(7,8)9/h2H,3H2,1H3. The largest absolute Gasteiger partial charge is 0.406 e. The third-order valence-electron chi connectivity index (χ3n) is 1.37. The van der Waals surface area contributed by atoms with E-state index in [1.54, 1.807) is 6.26 Å². The van der Waals surface area contributed by atoms with E-state index in [1.165, 1.54) is 0 Å². The van der Waals surface area contributed by atoms with E-state index >= 15 is 0 Å². The molecule has 0 saturated heterocycles. The SMILES string of the molecule is CSc1nnc(C=O)n1CC(F)(F)F. The molecule has 4 nitrogen and oxygen atoms in total. The number of rotatable bonds is 3. The Morgan fingerprint density at radius 1 is 1.50 bits per heavy atom. The lowest BCUT2D eigenvalue weighted by Crippen LogP contribution is -2.20. The highest BCUT2D eigenvalue weighted by molar-refractivity contribution is 7.98. The second kappa shape index (κ2) is 3.99. The minimum absolute atomic E-state index is 0.0735. The molecule has 0 spiro atoms. The average Bonchev–Trinajstić information content (AvgIpc) is 2.44. The lowest BCUT2D eigenvalue weighted by atomic mass is 10.5. The van der Waals surface area contributed by atoms with Crippen molar-refractivity contribution in [2.75, 3.05) is 6.26 Å². The fourth-order valence-electron chi connectivity index (χ4n) is 0.866. The second-order valence-electron chi connectivity index (χ2n) is 2.36. The molecule has 0 aromatic carbocycles. The Balaban J connectivity index is 3.03. The molecular weight excluding hydrogens is 219 g/mol. The predicted octanol–water partition coefficient (Wildman–Crippen LogP) is 1.37. The monoisotopic (exact) mass is 225 g/mol. The van der Waals surface area contributed by atoms with Gasteiger partial charge in [-0.1, -0.05) is 11.8 Å². The van der Waals surface area contributed by atoms with E-state index in [1.807, 2.05) is 0 Å². The molecule has 0 amide bonds. The molecule has 0 N–H and O–H groups in total. The summed E-state index contributed by atoms with van der Waals surface area (Å²) in [4.78, 5) is 10.3. The molecule has 78 valence electrons. The fraction of sp³-hybridized carbons (Fsp3) is 0.500. The van der Waals surface area contributed by atoms with Gasteiger partial charge in [0.25, 0.3) is 0 Å². The molecule has 0 saturated carbocycles. The van der Waals surface area contributed by atoms with E-state index in [9.17, 15) is 18.0 Å². The van der Waals surface area contributed by atoms with Crippen LogP contribution >= 0.6 is 11.8 Å². The minimum atomic E-state index is -4.38. The summed E-state index contributed by atoms with van der Waals surface area (Å²) >= 11 is 1.00. The summed E-state index contributed by atoms with van der Waals surface area (Å²) in [7, 11) is 0. The zero-order chi connectivity index (χ0) is 10.8. The van der Waals surface area contributed by atoms with Gasteiger partial charge in [-0.25, -0.2) is 0 Å². The van der Waals surface area contributed by atoms with Gasteiger partial charge in [0.1, 0.15) is 6.54 Å². The van der Waals surface area contributed by atoms with E-state index in [2.05, 4.69) is 10.2 Å². The first-order chi connectivity index (χ1) is 6.48. The molecule has 0 radical (unpaired) electrons. The van der Waals surface area contributed by atoms with Crippen LogP contribution in [-0.2, 0) is 6.54 Å². The summed E-state index contributed by atoms with van der Waals surface area (Å²) in [6, 6.07) is 0. The third kappa shape index (κ3) is 2.47. The van der Waals surface area contributed by atoms with Crippen LogP contribution in [0.2, 0.25) is 0 Å². The molecule has 1 rings (SSSR count). The molecule has 0 aliphatic rings. The highest BCUT2D eigenvalue weighted by Crippen LogP contribution is 2.21. The molecule has 0 unspecified atom stereocenters. The number of alkyl halides is 3. The Hall–Kier alpha value is -1.05. The van der Waals surface area contributed by atoms with E-state index < -0.39 is 12.7 Å². The van der Waals surface area contributed by atoms with Crippen LogP contribution in [0.15, 0.2) is 5.16 Å². The number of nitrogens with zero attached hydrogens (tertiary/aromatic N) is 3. The Morgan fingerprint density at radius 2 is 2.14 bits per heavy atom. The van der Waals surface area contributed by atoms with Crippen molar-refractivity contribution in [1.29, 1.82) is 0 Å². The van der Waals surface area contributed by atoms with Gasteiger partial charge in [0.2, 0.25) is 0 Å². The lowest BCUT2D eigenvalue weighted by Gasteiger charge is -2.09. The summed E-state index contributed by atoms with van der Waals surface area (Å²) < 4.78 is 36.9. The molecular formula is C6H6F3N3OS. The van der Waals surface area contributed by atoms with Crippen LogP contribution in [0.25, 0.3) is 0 Å². The van der Waals surface area contributed by atoms with Crippen molar-refractivity contribution in [2.45, 2.75) is 17.9 Å². The number of thioether (sulfide) groups is 1. The maximum Gasteiger partial charge on any atom is 0.406 e. The quantitative estimate of drug-likeness (QED) is 0.576. The zero-order valence-corrected chi connectivity index (χ0v) is 7.89. The summed E-state index contributed by atoms with van der Waals surface area (Å²) in [6.07, 6.45) is -2.57. The van der Waals surface area contributed by atoms with Gasteiger partial charge in [-0.05, 0) is 6.26 Å². The molecule has 1 heterocycles. The smallest absolute Gasteiger partial charge is 0.294 e. The van der Waals surface area contributed by atoms with Gasteiger partial charge in [-0.2, -0.15) is 13.2 Å². The van der Waals surface area contributed by atoms with E-state index in [4.69, 9.17) is 0 Å². The Bertz CT molecular complexity index is 336. The number of aldehydes is 1.